The number of aromatic amines is 1. The molecule has 382 valence electrons. The van der Waals surface area contributed by atoms with Crippen molar-refractivity contribution >= 4 is 52.2 Å². The highest BCUT2D eigenvalue weighted by molar-refractivity contribution is 7.13. The maximum atomic E-state index is 15.7. The molecule has 6 N–H and O–H groups in total. The first-order valence-corrected chi connectivity index (χ1v) is 24.1. The van der Waals surface area contributed by atoms with Gasteiger partial charge in [-0.25, -0.2) is 9.37 Å². The number of rotatable bonds is 13. The second-order valence-electron chi connectivity index (χ2n) is 19.4. The zero-order valence-corrected chi connectivity index (χ0v) is 41.6. The molecule has 0 radical (unpaired) electrons. The molecular weight excluding hydrogens is 959 g/mol. The van der Waals surface area contributed by atoms with Gasteiger partial charge in [-0.1, -0.05) is 51.1 Å². The summed E-state index contributed by atoms with van der Waals surface area (Å²) in [5.41, 5.74) is 0.686. The van der Waals surface area contributed by atoms with E-state index < -0.39 is 88.4 Å². The number of nitrogens with zero attached hydrogens (tertiary/aromatic N) is 4. The number of likely N-dealkylation sites (N-methyl/N-ethyl adjacent to an activating group) is 1. The molecule has 7 rings (SSSR count). The van der Waals surface area contributed by atoms with E-state index in [1.807, 2.05) is 57.0 Å². The quantitative estimate of drug-likeness (QED) is 0.0764. The van der Waals surface area contributed by atoms with Gasteiger partial charge in [0, 0.05) is 68.1 Å². The van der Waals surface area contributed by atoms with Crippen LogP contribution in [0.5, 0.6) is 0 Å². The van der Waals surface area contributed by atoms with Crippen molar-refractivity contribution in [1.29, 1.82) is 0 Å². The van der Waals surface area contributed by atoms with Crippen LogP contribution in [0.3, 0.4) is 0 Å². The van der Waals surface area contributed by atoms with Crippen molar-refractivity contribution in [3.63, 3.8) is 0 Å². The average Bonchev–Trinajstić information content (AvgIpc) is 3.95. The third-order valence-corrected chi connectivity index (χ3v) is 14.1. The molecule has 72 heavy (non-hydrogen) atoms. The summed E-state index contributed by atoms with van der Waals surface area (Å²) in [6, 6.07) is 13.8. The number of aromatic nitrogens is 2. The fraction of sp³-hybridized carbons (Fsp3) is 0.392. The topological polar surface area (TPSA) is 209 Å². The number of hydrogen-bond acceptors (Lipinski definition) is 11. The Bertz CT molecular complexity index is 2910. The molecule has 4 heterocycles. The van der Waals surface area contributed by atoms with Crippen LogP contribution in [0.2, 0.25) is 0 Å². The molecular formula is C51H57F4N9O7S. The van der Waals surface area contributed by atoms with E-state index in [1.165, 1.54) is 34.4 Å². The van der Waals surface area contributed by atoms with Gasteiger partial charge in [0.15, 0.2) is 0 Å². The van der Waals surface area contributed by atoms with Crippen LogP contribution in [0.25, 0.3) is 21.6 Å². The Labute approximate surface area is 417 Å². The molecule has 1 unspecified atom stereocenters. The van der Waals surface area contributed by atoms with E-state index in [-0.39, 0.29) is 54.0 Å². The maximum Gasteiger partial charge on any atom is 0.417 e. The molecule has 3 aromatic carbocycles. The molecule has 16 nitrogen and oxygen atoms in total. The number of piperazine rings is 1. The number of halogens is 4. The number of amides is 5. The molecule has 0 bridgehead atoms. The average molecular weight is 1020 g/mol. The van der Waals surface area contributed by atoms with Gasteiger partial charge >= 0.3 is 6.18 Å². The molecule has 2 fully saturated rings. The number of aryl methyl sites for hydroxylation is 1. The van der Waals surface area contributed by atoms with Gasteiger partial charge in [0.05, 0.1) is 51.2 Å². The number of carbonyl (C=O) groups is 5. The van der Waals surface area contributed by atoms with E-state index >= 15 is 4.39 Å². The first-order valence-electron chi connectivity index (χ1n) is 23.2. The summed E-state index contributed by atoms with van der Waals surface area (Å²) in [4.78, 5) is 93.1. The van der Waals surface area contributed by atoms with Crippen molar-refractivity contribution in [3.05, 3.63) is 123 Å². The summed E-state index contributed by atoms with van der Waals surface area (Å²) in [6.07, 6.45) is -5.37. The van der Waals surface area contributed by atoms with E-state index in [0.29, 0.717) is 31.0 Å². The van der Waals surface area contributed by atoms with Crippen LogP contribution in [-0.2, 0) is 27.1 Å². The predicted octanol–water partition coefficient (Wildman–Crippen LogP) is 5.95. The highest BCUT2D eigenvalue weighted by atomic mass is 32.1. The standard InChI is InChI=1S/C51H57F4N9O7S/c1-27-23-63(24-28(2)62(27)7)40-15-13-32(17-39(40)60-47(69)36-21-56-42(66)19-37(36)51(53,54)55)35-16-33(12-14-38(35)52)46(68)58-22-43(67)61-45(50(4,5)6)49(71)64-25-34(65)18-41(64)48(70)57-20-30-8-10-31(11-9-30)44-29(3)59-26-72-44/h8-17,19,21,26-28,34,41,45,65H,18,20,22-25H2,1-7H3,(H,56,66)(H,57,70)(H,58,68)(H,60,69)(H,61,67)/t27-,28+,34-,41+,45?/m0/s1. The van der Waals surface area contributed by atoms with Crippen molar-refractivity contribution in [3.8, 4) is 21.6 Å². The van der Waals surface area contributed by atoms with E-state index in [0.717, 1.165) is 27.8 Å². The summed E-state index contributed by atoms with van der Waals surface area (Å²) in [6.45, 7) is 11.4. The van der Waals surface area contributed by atoms with Crippen LogP contribution >= 0.6 is 11.3 Å². The van der Waals surface area contributed by atoms with Crippen LogP contribution < -0.4 is 31.7 Å². The van der Waals surface area contributed by atoms with Crippen molar-refractivity contribution < 1.29 is 46.6 Å². The second-order valence-corrected chi connectivity index (χ2v) is 20.3. The van der Waals surface area contributed by atoms with Crippen molar-refractivity contribution in [2.45, 2.75) is 91.0 Å². The predicted molar refractivity (Wildman–Crippen MR) is 265 cm³/mol. The van der Waals surface area contributed by atoms with Gasteiger partial charge in [0.2, 0.25) is 23.3 Å². The smallest absolute Gasteiger partial charge is 0.391 e. The number of nitrogens with one attached hydrogen (secondary N) is 5. The number of alkyl halides is 3. The molecule has 0 aliphatic carbocycles. The van der Waals surface area contributed by atoms with Gasteiger partial charge in [0.25, 0.3) is 11.8 Å². The first-order chi connectivity index (χ1) is 33.9. The van der Waals surface area contributed by atoms with Gasteiger partial charge in [0.1, 0.15) is 17.9 Å². The fourth-order valence-electron chi connectivity index (χ4n) is 8.91. The number of thiazole rings is 1. The number of aliphatic hydroxyl groups excluding tert-OH is 1. The molecule has 2 saturated heterocycles. The zero-order valence-electron chi connectivity index (χ0n) is 40.7. The van der Waals surface area contributed by atoms with E-state index in [2.05, 4.69) is 36.1 Å². The lowest BCUT2D eigenvalue weighted by Crippen LogP contribution is -2.58. The van der Waals surface area contributed by atoms with E-state index in [4.69, 9.17) is 0 Å². The molecule has 5 aromatic rings. The Morgan fingerprint density at radius 1 is 0.903 bits per heavy atom. The van der Waals surface area contributed by atoms with Crippen LogP contribution in [0.15, 0.2) is 83.2 Å². The number of aliphatic hydroxyl groups is 1. The summed E-state index contributed by atoms with van der Waals surface area (Å²) in [5.74, 6) is -4.59. The molecule has 0 spiro atoms. The third kappa shape index (κ3) is 12.0. The Balaban J connectivity index is 1.04. The van der Waals surface area contributed by atoms with Crippen LogP contribution in [0, 0.1) is 18.2 Å². The minimum atomic E-state index is -5.04. The number of β-amino-alcohol motifs (C(OH)–C–C–N with tert-alkyl or cyclic N) is 1. The monoisotopic (exact) mass is 1020 g/mol. The second kappa shape index (κ2) is 21.4. The van der Waals surface area contributed by atoms with Gasteiger partial charge in [-0.3, -0.25) is 33.7 Å². The number of carbonyl (C=O) groups excluding carboxylic acids is 5. The van der Waals surface area contributed by atoms with Crippen molar-refractivity contribution in [2.75, 3.05) is 43.4 Å². The van der Waals surface area contributed by atoms with Gasteiger partial charge in [-0.15, -0.1) is 11.3 Å². The maximum absolute atomic E-state index is 15.7. The molecule has 2 aliphatic rings. The minimum absolute atomic E-state index is 0.0177. The Morgan fingerprint density at radius 3 is 2.22 bits per heavy atom. The highest BCUT2D eigenvalue weighted by Crippen LogP contribution is 2.37. The number of benzene rings is 3. The summed E-state index contributed by atoms with van der Waals surface area (Å²) < 4.78 is 57.8. The number of hydrogen-bond donors (Lipinski definition) is 6. The lowest BCUT2D eigenvalue weighted by Gasteiger charge is -2.44. The van der Waals surface area contributed by atoms with Crippen LogP contribution in [0.1, 0.15) is 78.6 Å². The Kier molecular flexibility index (Phi) is 15.7. The molecule has 21 heteroatoms. The summed E-state index contributed by atoms with van der Waals surface area (Å²) in [7, 11) is 1.96. The number of H-pyrrole nitrogens is 1. The molecule has 2 aliphatic heterocycles. The van der Waals surface area contributed by atoms with E-state index in [1.54, 1.807) is 38.4 Å². The van der Waals surface area contributed by atoms with Gasteiger partial charge in [-0.2, -0.15) is 13.2 Å². The summed E-state index contributed by atoms with van der Waals surface area (Å²) >= 11 is 1.53. The largest absolute Gasteiger partial charge is 0.417 e. The Hall–Kier alpha value is -6.97. The van der Waals surface area contributed by atoms with Crippen molar-refractivity contribution in [2.24, 2.45) is 5.41 Å². The fourth-order valence-corrected chi connectivity index (χ4v) is 9.72. The first kappa shape index (κ1) is 52.8. The number of pyridine rings is 1. The lowest BCUT2D eigenvalue weighted by molar-refractivity contribution is -0.143. The Morgan fingerprint density at radius 2 is 1.58 bits per heavy atom. The van der Waals surface area contributed by atoms with Crippen LogP contribution in [0.4, 0.5) is 28.9 Å². The van der Waals surface area contributed by atoms with E-state index in [9.17, 15) is 47.0 Å². The SMILES string of the molecule is Cc1ncsc1-c1ccc(CNC(=O)[C@H]2C[C@H](O)CN2C(=O)C(NC(=O)CNC(=O)c2ccc(F)c(-c3ccc(N4C[C@@H](C)N(C)[C@@H](C)C4)c(NC(=O)c4c[nH]c(=O)cc4C(F)(F)F)c3)c2)C(C)(C)C)cc1. The van der Waals surface area contributed by atoms with Crippen molar-refractivity contribution in [1.82, 2.24) is 35.7 Å². The van der Waals surface area contributed by atoms with Crippen LogP contribution in [-0.4, -0.2) is 118 Å². The molecule has 0 saturated carbocycles. The number of anilines is 2. The van der Waals surface area contributed by atoms with Gasteiger partial charge < -0.3 is 41.2 Å². The summed E-state index contributed by atoms with van der Waals surface area (Å²) in [5, 5.41) is 21.2. The third-order valence-electron chi connectivity index (χ3n) is 13.1. The zero-order chi connectivity index (χ0) is 52.4. The lowest BCUT2D eigenvalue weighted by atomic mass is 9.85. The highest BCUT2D eigenvalue weighted by Gasteiger charge is 2.44. The molecule has 2 aromatic heterocycles. The number of likely N-dealkylation sites (tertiary alicyclic amines) is 1. The molecule has 5 atom stereocenters. The molecule has 5 amide bonds. The van der Waals surface area contributed by atoms with Gasteiger partial charge in [-0.05, 0) is 80.3 Å². The minimum Gasteiger partial charge on any atom is -0.391 e. The normalized spacial score (nSPS) is 18.9.